The molecule has 4 heteroatoms. The van der Waals surface area contributed by atoms with Gasteiger partial charge in [-0.2, -0.15) is 0 Å². The van der Waals surface area contributed by atoms with Crippen molar-refractivity contribution >= 4 is 11.8 Å². The molecule has 0 aliphatic heterocycles. The number of ketones is 1. The molecule has 0 aliphatic carbocycles. The summed E-state index contributed by atoms with van der Waals surface area (Å²) in [5.41, 5.74) is -0.846. The fourth-order valence-electron chi connectivity index (χ4n) is 2.36. The Kier molecular flexibility index (Phi) is 8.65. The Hall–Kier alpha value is -0.900. The number of ether oxygens (including phenoxy) is 2. The Morgan fingerprint density at radius 1 is 1.00 bits per heavy atom. The van der Waals surface area contributed by atoms with Gasteiger partial charge in [-0.3, -0.25) is 9.59 Å². The van der Waals surface area contributed by atoms with Crippen molar-refractivity contribution in [3.05, 3.63) is 0 Å². The molecule has 0 aliphatic rings. The lowest BCUT2D eigenvalue weighted by atomic mass is 9.82. The van der Waals surface area contributed by atoms with Crippen molar-refractivity contribution < 1.29 is 19.1 Å². The number of esters is 1. The summed E-state index contributed by atoms with van der Waals surface area (Å²) in [6, 6.07) is 0. The lowest BCUT2D eigenvalue weighted by Gasteiger charge is -2.32. The highest BCUT2D eigenvalue weighted by Crippen LogP contribution is 2.28. The molecule has 0 bridgehead atoms. The van der Waals surface area contributed by atoms with Crippen LogP contribution in [0.25, 0.3) is 0 Å². The summed E-state index contributed by atoms with van der Waals surface area (Å²) in [4.78, 5) is 24.7. The molecule has 0 heterocycles. The molecule has 0 amide bonds. The highest BCUT2D eigenvalue weighted by Gasteiger charge is 2.42. The monoisotopic (exact) mass is 272 g/mol. The Morgan fingerprint density at radius 3 is 1.95 bits per heavy atom. The second-order valence-corrected chi connectivity index (χ2v) is 4.59. The smallest absolute Gasteiger partial charge is 0.316 e. The van der Waals surface area contributed by atoms with Crippen LogP contribution < -0.4 is 0 Å². The zero-order valence-electron chi connectivity index (χ0n) is 13.0. The number of carbonyl (C=O) groups excluding carboxylic acids is 2. The van der Waals surface area contributed by atoms with E-state index >= 15 is 0 Å². The molecule has 1 unspecified atom stereocenters. The quantitative estimate of drug-likeness (QED) is 0.453. The van der Waals surface area contributed by atoms with Gasteiger partial charge in [0, 0.05) is 6.61 Å². The fourth-order valence-corrected chi connectivity index (χ4v) is 2.36. The standard InChI is InChI=1S/C15H28O4/c1-6-11-12(14(17)18-9-4)13(16)15(7-2,8-3)19-10-5/h12H,6-11H2,1-5H3. The van der Waals surface area contributed by atoms with Crippen molar-refractivity contribution in [1.82, 2.24) is 0 Å². The summed E-state index contributed by atoms with van der Waals surface area (Å²) < 4.78 is 10.7. The van der Waals surface area contributed by atoms with Gasteiger partial charge in [-0.1, -0.05) is 27.2 Å². The van der Waals surface area contributed by atoms with Gasteiger partial charge < -0.3 is 9.47 Å². The van der Waals surface area contributed by atoms with E-state index < -0.39 is 17.5 Å². The van der Waals surface area contributed by atoms with E-state index in [4.69, 9.17) is 9.47 Å². The highest BCUT2D eigenvalue weighted by atomic mass is 16.5. The van der Waals surface area contributed by atoms with E-state index in [2.05, 4.69) is 0 Å². The number of hydrogen-bond acceptors (Lipinski definition) is 4. The minimum atomic E-state index is -0.846. The summed E-state index contributed by atoms with van der Waals surface area (Å²) in [6.07, 6.45) is 2.45. The number of rotatable bonds is 10. The molecular formula is C15H28O4. The van der Waals surface area contributed by atoms with Crippen LogP contribution in [0, 0.1) is 5.92 Å². The maximum Gasteiger partial charge on any atom is 0.316 e. The van der Waals surface area contributed by atoms with Crippen LogP contribution in [-0.4, -0.2) is 30.6 Å². The van der Waals surface area contributed by atoms with Crippen molar-refractivity contribution in [3.63, 3.8) is 0 Å². The number of Topliss-reactive ketones (excluding diaryl/α,β-unsaturated/α-hetero) is 1. The molecule has 0 rings (SSSR count). The third-order valence-electron chi connectivity index (χ3n) is 3.48. The molecule has 0 aromatic heterocycles. The fraction of sp³-hybridized carbons (Fsp3) is 0.867. The SMILES string of the molecule is CCCC(C(=O)OCC)C(=O)C(CC)(CC)OCC. The first-order valence-electron chi connectivity index (χ1n) is 7.37. The minimum absolute atomic E-state index is 0.125. The van der Waals surface area contributed by atoms with E-state index in [0.717, 1.165) is 6.42 Å². The van der Waals surface area contributed by atoms with Gasteiger partial charge in [0.15, 0.2) is 5.78 Å². The molecule has 4 nitrogen and oxygen atoms in total. The predicted molar refractivity (Wildman–Crippen MR) is 75.0 cm³/mol. The number of carbonyl (C=O) groups is 2. The Morgan fingerprint density at radius 2 is 1.58 bits per heavy atom. The summed E-state index contributed by atoms with van der Waals surface area (Å²) >= 11 is 0. The van der Waals surface area contributed by atoms with Gasteiger partial charge >= 0.3 is 5.97 Å². The van der Waals surface area contributed by atoms with Crippen molar-refractivity contribution in [3.8, 4) is 0 Å². The van der Waals surface area contributed by atoms with Crippen molar-refractivity contribution in [2.24, 2.45) is 5.92 Å². The van der Waals surface area contributed by atoms with Crippen LogP contribution in [0.4, 0.5) is 0 Å². The molecule has 0 saturated heterocycles. The normalized spacial score (nSPS) is 13.1. The van der Waals surface area contributed by atoms with Crippen molar-refractivity contribution in [2.45, 2.75) is 65.9 Å². The maximum absolute atomic E-state index is 12.7. The van der Waals surface area contributed by atoms with Gasteiger partial charge in [-0.05, 0) is 33.1 Å². The molecule has 0 fully saturated rings. The molecule has 1 atom stereocenters. The highest BCUT2D eigenvalue weighted by molar-refractivity contribution is 6.03. The molecule has 0 radical (unpaired) electrons. The van der Waals surface area contributed by atoms with E-state index in [0.29, 0.717) is 32.5 Å². The van der Waals surface area contributed by atoms with Crippen LogP contribution in [0.2, 0.25) is 0 Å². The van der Waals surface area contributed by atoms with Crippen LogP contribution in [0.5, 0.6) is 0 Å². The van der Waals surface area contributed by atoms with Gasteiger partial charge in [-0.15, -0.1) is 0 Å². The van der Waals surface area contributed by atoms with E-state index in [9.17, 15) is 9.59 Å². The maximum atomic E-state index is 12.7. The third-order valence-corrected chi connectivity index (χ3v) is 3.48. The van der Waals surface area contributed by atoms with E-state index in [1.807, 2.05) is 27.7 Å². The minimum Gasteiger partial charge on any atom is -0.465 e. The lowest BCUT2D eigenvalue weighted by molar-refractivity contribution is -0.162. The van der Waals surface area contributed by atoms with Gasteiger partial charge in [-0.25, -0.2) is 0 Å². The number of hydrogen-bond donors (Lipinski definition) is 0. The van der Waals surface area contributed by atoms with Gasteiger partial charge in [0.1, 0.15) is 11.5 Å². The second kappa shape index (κ2) is 9.08. The predicted octanol–water partition coefficient (Wildman–Crippen LogP) is 3.13. The first-order valence-corrected chi connectivity index (χ1v) is 7.37. The zero-order valence-corrected chi connectivity index (χ0v) is 13.0. The van der Waals surface area contributed by atoms with E-state index in [1.165, 1.54) is 0 Å². The Labute approximate surface area is 116 Å². The van der Waals surface area contributed by atoms with E-state index in [1.54, 1.807) is 6.92 Å². The van der Waals surface area contributed by atoms with Crippen molar-refractivity contribution in [1.29, 1.82) is 0 Å². The molecule has 0 saturated carbocycles. The Balaban J connectivity index is 5.18. The third kappa shape index (κ3) is 4.60. The van der Waals surface area contributed by atoms with Crippen molar-refractivity contribution in [2.75, 3.05) is 13.2 Å². The Bertz CT molecular complexity index is 282. The van der Waals surface area contributed by atoms with Gasteiger partial charge in [0.25, 0.3) is 0 Å². The van der Waals surface area contributed by atoms with Gasteiger partial charge in [0.05, 0.1) is 6.61 Å². The molecule has 0 N–H and O–H groups in total. The van der Waals surface area contributed by atoms with Crippen LogP contribution >= 0.6 is 0 Å². The summed E-state index contributed by atoms with van der Waals surface area (Å²) in [6.45, 7) is 10.2. The molecule has 19 heavy (non-hydrogen) atoms. The first kappa shape index (κ1) is 18.1. The molecule has 0 aromatic rings. The topological polar surface area (TPSA) is 52.6 Å². The summed E-state index contributed by atoms with van der Waals surface area (Å²) in [5, 5.41) is 0. The largest absolute Gasteiger partial charge is 0.465 e. The molecular weight excluding hydrogens is 244 g/mol. The van der Waals surface area contributed by atoms with Crippen LogP contribution in [0.15, 0.2) is 0 Å². The average molecular weight is 272 g/mol. The average Bonchev–Trinajstić information content (AvgIpc) is 2.41. The van der Waals surface area contributed by atoms with Crippen LogP contribution in [0.3, 0.4) is 0 Å². The molecule has 112 valence electrons. The van der Waals surface area contributed by atoms with Crippen LogP contribution in [-0.2, 0) is 19.1 Å². The summed E-state index contributed by atoms with van der Waals surface area (Å²) in [7, 11) is 0. The zero-order chi connectivity index (χ0) is 14.9. The van der Waals surface area contributed by atoms with Gasteiger partial charge in [0.2, 0.25) is 0 Å². The molecule has 0 aromatic carbocycles. The lowest BCUT2D eigenvalue weighted by Crippen LogP contribution is -2.47. The van der Waals surface area contributed by atoms with E-state index in [-0.39, 0.29) is 5.78 Å². The molecule has 0 spiro atoms. The first-order chi connectivity index (χ1) is 9.02. The summed E-state index contributed by atoms with van der Waals surface area (Å²) in [5.74, 6) is -1.24. The second-order valence-electron chi connectivity index (χ2n) is 4.59. The van der Waals surface area contributed by atoms with Crippen LogP contribution in [0.1, 0.15) is 60.3 Å².